The molecule has 6 nitrogen and oxygen atoms in total. The number of aromatic amines is 1. The molecule has 174 valence electrons. The summed E-state index contributed by atoms with van der Waals surface area (Å²) in [5.41, 5.74) is 2.84. The average Bonchev–Trinajstić information content (AvgIpc) is 3.01. The van der Waals surface area contributed by atoms with E-state index < -0.39 is 25.6 Å². The van der Waals surface area contributed by atoms with Gasteiger partial charge in [0, 0.05) is 13.6 Å². The minimum absolute atomic E-state index is 0.175. The molecule has 0 unspecified atom stereocenters. The Bertz CT molecular complexity index is 820. The largest absolute Gasteiger partial charge is 0.457 e. The molecule has 0 amide bonds. The molecule has 1 N–H and O–H groups in total. The third-order valence-corrected chi connectivity index (χ3v) is 6.28. The van der Waals surface area contributed by atoms with E-state index in [-0.39, 0.29) is 18.0 Å². The van der Waals surface area contributed by atoms with Crippen LogP contribution in [0.4, 0.5) is 0 Å². The van der Waals surface area contributed by atoms with Crippen molar-refractivity contribution < 1.29 is 19.1 Å². The highest BCUT2D eigenvalue weighted by molar-refractivity contribution is 6.76. The lowest BCUT2D eigenvalue weighted by atomic mass is 10.1. The van der Waals surface area contributed by atoms with Crippen LogP contribution < -0.4 is 0 Å². The molecule has 0 spiro atoms. The van der Waals surface area contributed by atoms with Crippen molar-refractivity contribution in [2.45, 2.75) is 92.1 Å². The fourth-order valence-electron chi connectivity index (χ4n) is 2.80. The Balaban J connectivity index is 2.94. The Morgan fingerprint density at radius 3 is 2.26 bits per heavy atom. The Kier molecular flexibility index (Phi) is 9.94. The van der Waals surface area contributed by atoms with Crippen molar-refractivity contribution in [2.24, 2.45) is 0 Å². The molecular weight excluding hydrogens is 408 g/mol. The first-order chi connectivity index (χ1) is 14.2. The van der Waals surface area contributed by atoms with E-state index in [2.05, 4.69) is 49.8 Å². The van der Waals surface area contributed by atoms with Gasteiger partial charge in [-0.2, -0.15) is 5.10 Å². The number of esters is 2. The van der Waals surface area contributed by atoms with E-state index in [4.69, 9.17) is 9.47 Å². The molecular formula is C24H40N2O4Si. The third-order valence-electron chi connectivity index (χ3n) is 4.53. The van der Waals surface area contributed by atoms with Gasteiger partial charge in [0.1, 0.15) is 17.9 Å². The molecule has 0 aliphatic carbocycles. The topological polar surface area (TPSA) is 81.3 Å². The second-order valence-corrected chi connectivity index (χ2v) is 16.1. The molecule has 31 heavy (non-hydrogen) atoms. The number of ether oxygens (including phenoxy) is 2. The van der Waals surface area contributed by atoms with Gasteiger partial charge < -0.3 is 9.47 Å². The van der Waals surface area contributed by atoms with Crippen molar-refractivity contribution in [3.63, 3.8) is 0 Å². The van der Waals surface area contributed by atoms with Crippen molar-refractivity contribution in [3.8, 4) is 0 Å². The Hall–Kier alpha value is -2.15. The quantitative estimate of drug-likeness (QED) is 0.266. The van der Waals surface area contributed by atoms with Crippen molar-refractivity contribution in [1.82, 2.24) is 10.2 Å². The van der Waals surface area contributed by atoms with Gasteiger partial charge in [0.05, 0.1) is 0 Å². The number of nitrogens with zero attached hydrogens (tertiary/aromatic N) is 1. The fraction of sp³-hybridized carbons (Fsp3) is 0.625. The van der Waals surface area contributed by atoms with E-state index in [1.165, 1.54) is 11.1 Å². The van der Waals surface area contributed by atoms with Gasteiger partial charge in [0.15, 0.2) is 5.69 Å². The number of rotatable bonds is 10. The predicted octanol–water partition coefficient (Wildman–Crippen LogP) is 6.10. The molecule has 1 rings (SSSR count). The zero-order chi connectivity index (χ0) is 23.8. The number of allylic oxidation sites excluding steroid dienone is 3. The monoisotopic (exact) mass is 448 g/mol. The number of nitrogens with one attached hydrogen (secondary N) is 1. The second-order valence-electron chi connectivity index (χ2n) is 10.5. The lowest BCUT2D eigenvalue weighted by Gasteiger charge is -2.19. The van der Waals surface area contributed by atoms with Crippen LogP contribution in [0.5, 0.6) is 0 Å². The van der Waals surface area contributed by atoms with Gasteiger partial charge in [-0.15, -0.1) is 0 Å². The Labute approximate surface area is 188 Å². The molecule has 1 aromatic heterocycles. The van der Waals surface area contributed by atoms with E-state index in [0.29, 0.717) is 12.0 Å². The van der Waals surface area contributed by atoms with Crippen molar-refractivity contribution >= 4 is 20.0 Å². The summed E-state index contributed by atoms with van der Waals surface area (Å²) in [7, 11) is -1.40. The molecule has 0 aliphatic heterocycles. The van der Waals surface area contributed by atoms with Crippen LogP contribution in [0.3, 0.4) is 0 Å². The molecule has 0 atom stereocenters. The summed E-state index contributed by atoms with van der Waals surface area (Å²) >= 11 is 0. The van der Waals surface area contributed by atoms with Crippen LogP contribution in [-0.4, -0.2) is 42.4 Å². The summed E-state index contributed by atoms with van der Waals surface area (Å²) in [6.07, 6.45) is 6.60. The zero-order valence-corrected chi connectivity index (χ0v) is 21.8. The van der Waals surface area contributed by atoms with Gasteiger partial charge in [-0.3, -0.25) is 5.10 Å². The van der Waals surface area contributed by atoms with Crippen LogP contribution in [0.2, 0.25) is 25.7 Å². The van der Waals surface area contributed by atoms with E-state index in [1.54, 1.807) is 20.8 Å². The highest BCUT2D eigenvalue weighted by Crippen LogP contribution is 2.22. The van der Waals surface area contributed by atoms with Crippen molar-refractivity contribution in [1.29, 1.82) is 0 Å². The summed E-state index contributed by atoms with van der Waals surface area (Å²) in [4.78, 5) is 25.4. The highest BCUT2D eigenvalue weighted by Gasteiger charge is 2.29. The van der Waals surface area contributed by atoms with Crippen LogP contribution in [0, 0.1) is 0 Å². The van der Waals surface area contributed by atoms with Crippen molar-refractivity contribution in [2.75, 3.05) is 6.61 Å². The maximum absolute atomic E-state index is 12.7. The number of hydrogen-bond donors (Lipinski definition) is 1. The first-order valence-corrected chi connectivity index (χ1v) is 14.7. The Morgan fingerprint density at radius 2 is 1.71 bits per heavy atom. The standard InChI is InChI=1S/C24H40N2O4Si/c1-17(2)11-10-12-18(3)13-15-29-22(27)20-19(14-16-31(7,8)9)21(26-25-20)23(28)30-24(4,5)6/h11,13H,10,12,14-16H2,1-9H3,(H,25,26)/b18-13+. The summed E-state index contributed by atoms with van der Waals surface area (Å²) in [5.74, 6) is -1.02. The van der Waals surface area contributed by atoms with E-state index in [9.17, 15) is 9.59 Å². The van der Waals surface area contributed by atoms with E-state index in [1.807, 2.05) is 13.0 Å². The van der Waals surface area contributed by atoms with Gasteiger partial charge in [0.25, 0.3) is 0 Å². The lowest BCUT2D eigenvalue weighted by Crippen LogP contribution is -2.25. The van der Waals surface area contributed by atoms with Crippen LogP contribution in [0.15, 0.2) is 23.3 Å². The van der Waals surface area contributed by atoms with Crippen LogP contribution in [0.25, 0.3) is 0 Å². The van der Waals surface area contributed by atoms with Crippen LogP contribution in [-0.2, 0) is 15.9 Å². The number of hydrogen-bond acceptors (Lipinski definition) is 5. The fourth-order valence-corrected chi connectivity index (χ4v) is 3.80. The summed E-state index contributed by atoms with van der Waals surface area (Å²) in [5, 5.41) is 6.84. The smallest absolute Gasteiger partial charge is 0.359 e. The first kappa shape index (κ1) is 26.9. The maximum Gasteiger partial charge on any atom is 0.359 e. The minimum atomic E-state index is -1.40. The SMILES string of the molecule is CC(C)=CCC/C(C)=C/COC(=O)c1[nH]nc(C(=O)OC(C)(C)C)c1CC[Si](C)(C)C. The molecule has 7 heteroatoms. The molecule has 0 saturated heterocycles. The number of carbonyl (C=O) groups excluding carboxylic acids is 2. The number of aromatic nitrogens is 2. The normalized spacial score (nSPS) is 12.5. The molecule has 1 heterocycles. The lowest BCUT2D eigenvalue weighted by molar-refractivity contribution is 0.00616. The van der Waals surface area contributed by atoms with Gasteiger partial charge in [-0.25, -0.2) is 9.59 Å². The molecule has 1 aromatic rings. The average molecular weight is 449 g/mol. The summed E-state index contributed by atoms with van der Waals surface area (Å²) in [6.45, 7) is 18.6. The van der Waals surface area contributed by atoms with Crippen molar-refractivity contribution in [3.05, 3.63) is 40.2 Å². The second kappa shape index (κ2) is 11.5. The van der Waals surface area contributed by atoms with Crippen LogP contribution in [0.1, 0.15) is 80.9 Å². The molecule has 0 fully saturated rings. The molecule has 0 radical (unpaired) electrons. The minimum Gasteiger partial charge on any atom is -0.457 e. The third kappa shape index (κ3) is 10.6. The van der Waals surface area contributed by atoms with Gasteiger partial charge in [-0.05, 0) is 66.9 Å². The van der Waals surface area contributed by atoms with Gasteiger partial charge in [0.2, 0.25) is 0 Å². The molecule has 0 saturated carbocycles. The van der Waals surface area contributed by atoms with E-state index in [0.717, 1.165) is 18.9 Å². The van der Waals surface area contributed by atoms with Crippen LogP contribution >= 0.6 is 0 Å². The van der Waals surface area contributed by atoms with E-state index >= 15 is 0 Å². The number of H-pyrrole nitrogens is 1. The molecule has 0 aromatic carbocycles. The summed E-state index contributed by atoms with van der Waals surface area (Å²) in [6, 6.07) is 0.923. The maximum atomic E-state index is 12.7. The molecule has 0 bridgehead atoms. The molecule has 0 aliphatic rings. The van der Waals surface area contributed by atoms with Gasteiger partial charge in [-0.1, -0.05) is 42.9 Å². The highest BCUT2D eigenvalue weighted by atomic mass is 28.3. The first-order valence-electron chi connectivity index (χ1n) is 11.0. The zero-order valence-electron chi connectivity index (χ0n) is 20.8. The summed E-state index contributed by atoms with van der Waals surface area (Å²) < 4.78 is 10.9. The Morgan fingerprint density at radius 1 is 1.06 bits per heavy atom. The predicted molar refractivity (Wildman–Crippen MR) is 128 cm³/mol. The number of carbonyl (C=O) groups is 2. The van der Waals surface area contributed by atoms with Gasteiger partial charge >= 0.3 is 11.9 Å².